The lowest BCUT2D eigenvalue weighted by molar-refractivity contribution is 0.482. The van der Waals surface area contributed by atoms with Crippen LogP contribution in [0.15, 0.2) is 63.5 Å². The van der Waals surface area contributed by atoms with Gasteiger partial charge in [-0.25, -0.2) is 0 Å². The van der Waals surface area contributed by atoms with E-state index in [-0.39, 0.29) is 6.04 Å². The van der Waals surface area contributed by atoms with Crippen LogP contribution in [0.5, 0.6) is 0 Å². The number of nitrogens with one attached hydrogen (secondary N) is 1. The van der Waals surface area contributed by atoms with Gasteiger partial charge >= 0.3 is 0 Å². The lowest BCUT2D eigenvalue weighted by Gasteiger charge is -2.14. The van der Waals surface area contributed by atoms with E-state index in [9.17, 15) is 0 Å². The molecule has 0 spiro atoms. The molecule has 20 heavy (non-hydrogen) atoms. The predicted octanol–water partition coefficient (Wildman–Crippen LogP) is 5.05. The lowest BCUT2D eigenvalue weighted by Crippen LogP contribution is -2.18. The maximum atomic E-state index is 5.81. The first-order valence-corrected chi connectivity index (χ1v) is 7.48. The summed E-state index contributed by atoms with van der Waals surface area (Å²) in [6.45, 7) is 2.87. The van der Waals surface area contributed by atoms with E-state index in [1.807, 2.05) is 24.3 Å². The Kier molecular flexibility index (Phi) is 3.90. The average molecular weight is 330 g/mol. The predicted molar refractivity (Wildman–Crippen MR) is 85.6 cm³/mol. The largest absolute Gasteiger partial charge is 0.460 e. The zero-order valence-electron chi connectivity index (χ0n) is 11.3. The molecule has 1 N–H and O–H groups in total. The van der Waals surface area contributed by atoms with Gasteiger partial charge in [-0.1, -0.05) is 52.3 Å². The third-order valence-electron chi connectivity index (χ3n) is 3.43. The standard InChI is InChI=1S/C17H16BrNO/c1-12(15-7-3-4-8-16(15)18)19-11-14-10-13-6-2-5-9-17(13)20-14/h2-10,12,19H,11H2,1H3/t12-/m1/s1. The molecule has 0 bridgehead atoms. The van der Waals surface area contributed by atoms with Gasteiger partial charge < -0.3 is 9.73 Å². The van der Waals surface area contributed by atoms with Gasteiger partial charge in [0.1, 0.15) is 11.3 Å². The summed E-state index contributed by atoms with van der Waals surface area (Å²) in [5.74, 6) is 0.963. The fraction of sp³-hybridized carbons (Fsp3) is 0.176. The second kappa shape index (κ2) is 5.81. The summed E-state index contributed by atoms with van der Waals surface area (Å²) in [7, 11) is 0. The first kappa shape index (κ1) is 13.4. The van der Waals surface area contributed by atoms with Gasteiger partial charge in [0, 0.05) is 15.9 Å². The molecule has 0 amide bonds. The molecule has 0 radical (unpaired) electrons. The van der Waals surface area contributed by atoms with Gasteiger partial charge in [-0.15, -0.1) is 0 Å². The van der Waals surface area contributed by atoms with Gasteiger partial charge in [0.25, 0.3) is 0 Å². The first-order chi connectivity index (χ1) is 9.74. The molecule has 1 heterocycles. The van der Waals surface area contributed by atoms with E-state index >= 15 is 0 Å². The van der Waals surface area contributed by atoms with Gasteiger partial charge in [0.05, 0.1) is 6.54 Å². The van der Waals surface area contributed by atoms with Crippen molar-refractivity contribution in [1.82, 2.24) is 5.32 Å². The van der Waals surface area contributed by atoms with Gasteiger partial charge in [-0.2, -0.15) is 0 Å². The van der Waals surface area contributed by atoms with Gasteiger partial charge in [0.15, 0.2) is 0 Å². The van der Waals surface area contributed by atoms with Crippen LogP contribution in [0.4, 0.5) is 0 Å². The number of hydrogen-bond acceptors (Lipinski definition) is 2. The van der Waals surface area contributed by atoms with Gasteiger partial charge in [-0.3, -0.25) is 0 Å². The van der Waals surface area contributed by atoms with E-state index in [1.165, 1.54) is 5.56 Å². The lowest BCUT2D eigenvalue weighted by atomic mass is 10.1. The molecule has 3 heteroatoms. The van der Waals surface area contributed by atoms with Crippen molar-refractivity contribution in [3.8, 4) is 0 Å². The molecule has 0 saturated heterocycles. The van der Waals surface area contributed by atoms with Crippen molar-refractivity contribution in [2.45, 2.75) is 19.5 Å². The van der Waals surface area contributed by atoms with E-state index in [4.69, 9.17) is 4.42 Å². The summed E-state index contributed by atoms with van der Waals surface area (Å²) in [5.41, 5.74) is 2.20. The van der Waals surface area contributed by atoms with Crippen molar-refractivity contribution in [3.63, 3.8) is 0 Å². The van der Waals surface area contributed by atoms with Crippen molar-refractivity contribution in [3.05, 3.63) is 70.4 Å². The van der Waals surface area contributed by atoms with E-state index in [2.05, 4.69) is 58.5 Å². The Morgan fingerprint density at radius 3 is 2.65 bits per heavy atom. The van der Waals surface area contributed by atoms with Crippen molar-refractivity contribution < 1.29 is 4.42 Å². The summed E-state index contributed by atoms with van der Waals surface area (Å²) < 4.78 is 6.94. The number of hydrogen-bond donors (Lipinski definition) is 1. The zero-order valence-corrected chi connectivity index (χ0v) is 12.9. The number of rotatable bonds is 4. The summed E-state index contributed by atoms with van der Waals surface area (Å²) in [6.07, 6.45) is 0. The molecule has 102 valence electrons. The van der Waals surface area contributed by atoms with Crippen LogP contribution in [0.3, 0.4) is 0 Å². The Balaban J connectivity index is 1.71. The Morgan fingerprint density at radius 1 is 1.10 bits per heavy atom. The quantitative estimate of drug-likeness (QED) is 0.724. The molecule has 0 aliphatic carbocycles. The molecule has 0 fully saturated rings. The summed E-state index contributed by atoms with van der Waals surface area (Å²) >= 11 is 3.59. The van der Waals surface area contributed by atoms with Crippen LogP contribution >= 0.6 is 15.9 Å². The van der Waals surface area contributed by atoms with Crippen LogP contribution in [-0.2, 0) is 6.54 Å². The topological polar surface area (TPSA) is 25.2 Å². The Labute approximate surface area is 126 Å². The van der Waals surface area contributed by atoms with Crippen molar-refractivity contribution in [2.75, 3.05) is 0 Å². The SMILES string of the molecule is C[C@@H](NCc1cc2ccccc2o1)c1ccccc1Br. The van der Waals surface area contributed by atoms with Crippen LogP contribution in [0.2, 0.25) is 0 Å². The van der Waals surface area contributed by atoms with Crippen LogP contribution in [-0.4, -0.2) is 0 Å². The Hall–Kier alpha value is -1.58. The summed E-state index contributed by atoms with van der Waals surface area (Å²) in [5, 5.41) is 4.64. The molecular formula is C17H16BrNO. The third-order valence-corrected chi connectivity index (χ3v) is 4.15. The van der Waals surface area contributed by atoms with Crippen molar-refractivity contribution in [1.29, 1.82) is 0 Å². The van der Waals surface area contributed by atoms with E-state index in [0.29, 0.717) is 0 Å². The van der Waals surface area contributed by atoms with Crippen LogP contribution in [0.25, 0.3) is 11.0 Å². The summed E-state index contributed by atoms with van der Waals surface area (Å²) in [6, 6.07) is 18.7. The minimum Gasteiger partial charge on any atom is -0.460 e. The molecule has 0 saturated carbocycles. The molecule has 0 aliphatic heterocycles. The molecule has 0 aliphatic rings. The monoisotopic (exact) mass is 329 g/mol. The molecular weight excluding hydrogens is 314 g/mol. The van der Waals surface area contributed by atoms with Crippen LogP contribution in [0, 0.1) is 0 Å². The van der Waals surface area contributed by atoms with E-state index in [0.717, 1.165) is 27.7 Å². The van der Waals surface area contributed by atoms with Crippen LogP contribution < -0.4 is 5.32 Å². The minimum absolute atomic E-state index is 0.263. The molecule has 3 aromatic rings. The fourth-order valence-corrected chi connectivity index (χ4v) is 2.94. The zero-order chi connectivity index (χ0) is 13.9. The maximum Gasteiger partial charge on any atom is 0.134 e. The highest BCUT2D eigenvalue weighted by Gasteiger charge is 2.09. The highest BCUT2D eigenvalue weighted by atomic mass is 79.9. The second-order valence-electron chi connectivity index (χ2n) is 4.87. The highest BCUT2D eigenvalue weighted by Crippen LogP contribution is 2.24. The molecule has 1 aromatic heterocycles. The molecule has 2 aromatic carbocycles. The number of fused-ring (bicyclic) bond motifs is 1. The minimum atomic E-state index is 0.263. The van der Waals surface area contributed by atoms with Crippen molar-refractivity contribution in [2.24, 2.45) is 0 Å². The van der Waals surface area contributed by atoms with Gasteiger partial charge in [-0.05, 0) is 30.7 Å². The number of halogens is 1. The average Bonchev–Trinajstić information content (AvgIpc) is 2.88. The molecule has 1 atom stereocenters. The molecule has 0 unspecified atom stereocenters. The number of benzene rings is 2. The van der Waals surface area contributed by atoms with Crippen LogP contribution in [0.1, 0.15) is 24.3 Å². The highest BCUT2D eigenvalue weighted by molar-refractivity contribution is 9.10. The van der Waals surface area contributed by atoms with E-state index in [1.54, 1.807) is 0 Å². The first-order valence-electron chi connectivity index (χ1n) is 6.69. The number of furan rings is 1. The smallest absolute Gasteiger partial charge is 0.134 e. The van der Waals surface area contributed by atoms with Gasteiger partial charge in [0.2, 0.25) is 0 Å². The molecule has 2 nitrogen and oxygen atoms in total. The normalized spacial score (nSPS) is 12.7. The molecule has 3 rings (SSSR count). The second-order valence-corrected chi connectivity index (χ2v) is 5.73. The summed E-state index contributed by atoms with van der Waals surface area (Å²) in [4.78, 5) is 0. The number of para-hydroxylation sites is 1. The van der Waals surface area contributed by atoms with E-state index < -0.39 is 0 Å². The fourth-order valence-electron chi connectivity index (χ4n) is 2.31. The van der Waals surface area contributed by atoms with Crippen molar-refractivity contribution >= 4 is 26.9 Å². The maximum absolute atomic E-state index is 5.81. The Morgan fingerprint density at radius 2 is 1.85 bits per heavy atom. The third kappa shape index (κ3) is 2.79. The Bertz CT molecular complexity index is 687.